The van der Waals surface area contributed by atoms with Crippen LogP contribution in [0.15, 0.2) is 12.7 Å². The first kappa shape index (κ1) is 23.3. The Bertz CT molecular complexity index is 1060. The Balaban J connectivity index is 1.89. The Morgan fingerprint density at radius 1 is 1.03 bits per heavy atom. The summed E-state index contributed by atoms with van der Waals surface area (Å²) < 4.78 is 53.4. The quantitative estimate of drug-likeness (QED) is 0.246. The van der Waals surface area contributed by atoms with Gasteiger partial charge in [0, 0.05) is 6.42 Å². The maximum absolute atomic E-state index is 11.2. The van der Waals surface area contributed by atoms with Crippen molar-refractivity contribution in [1.82, 2.24) is 19.5 Å². The number of aromatic nitrogens is 4. The Kier molecular flexibility index (Phi) is 6.47. The summed E-state index contributed by atoms with van der Waals surface area (Å²) in [5.74, 6) is -0.519. The molecule has 30 heavy (non-hydrogen) atoms. The topological polar surface area (TPSA) is 253 Å². The number of hydrogen-bond acceptors (Lipinski definition) is 10. The highest BCUT2D eigenvalue weighted by atomic mass is 31.2. The average molecular weight is 492 g/mol. The lowest BCUT2D eigenvalue weighted by molar-refractivity contribution is -0.0417. The minimum Gasteiger partial charge on any atom is -0.383 e. The number of rotatable bonds is 8. The number of ether oxygens (including phenoxy) is 1. The van der Waals surface area contributed by atoms with Crippen molar-refractivity contribution in [3.63, 3.8) is 0 Å². The van der Waals surface area contributed by atoms with E-state index in [1.807, 2.05) is 0 Å². The Morgan fingerprint density at radius 3 is 2.33 bits per heavy atom. The zero-order valence-electron chi connectivity index (χ0n) is 14.5. The molecule has 3 atom stereocenters. The molecule has 0 aromatic carbocycles. The second-order valence-corrected chi connectivity index (χ2v) is 9.47. The van der Waals surface area contributed by atoms with Gasteiger partial charge in [-0.2, -0.15) is 4.98 Å². The normalized spacial score (nSPS) is 23.2. The van der Waals surface area contributed by atoms with Crippen LogP contribution in [0, 0.1) is 0 Å². The Labute approximate surface area is 166 Å². The first-order valence-electron chi connectivity index (χ1n) is 7.74. The van der Waals surface area contributed by atoms with E-state index in [1.165, 1.54) is 4.57 Å². The van der Waals surface area contributed by atoms with Crippen LogP contribution in [-0.2, 0) is 27.5 Å². The van der Waals surface area contributed by atoms with Crippen LogP contribution in [0.4, 0.5) is 0 Å². The van der Waals surface area contributed by atoms with Gasteiger partial charge in [0.15, 0.2) is 11.2 Å². The molecule has 2 aromatic rings. The number of nitrogens with zero attached hydrogens (tertiary/aromatic N) is 4. The lowest BCUT2D eigenvalue weighted by Gasteiger charge is -2.19. The van der Waals surface area contributed by atoms with Crippen molar-refractivity contribution in [3.8, 4) is 5.88 Å². The molecular formula is C10H15N4O13P3. The zero-order valence-corrected chi connectivity index (χ0v) is 17.2. The Morgan fingerprint density at radius 2 is 1.73 bits per heavy atom. The number of fused-ring (bicyclic) bond motifs is 1. The van der Waals surface area contributed by atoms with Gasteiger partial charge in [0.25, 0.3) is 5.88 Å². The van der Waals surface area contributed by atoms with Gasteiger partial charge in [0.05, 0.1) is 12.9 Å². The lowest BCUT2D eigenvalue weighted by atomic mass is 10.2. The highest BCUT2D eigenvalue weighted by molar-refractivity contribution is 7.47. The molecule has 0 bridgehead atoms. The first-order chi connectivity index (χ1) is 13.7. The molecule has 6 N–H and O–H groups in total. The van der Waals surface area contributed by atoms with Gasteiger partial charge >= 0.3 is 23.5 Å². The summed E-state index contributed by atoms with van der Waals surface area (Å²) in [5.41, 5.74) is -0.156. The molecule has 0 spiro atoms. The molecule has 3 rings (SSSR count). The molecule has 2 aromatic heterocycles. The first-order valence-corrected chi connectivity index (χ1v) is 12.3. The highest BCUT2D eigenvalue weighted by Crippen LogP contribution is 2.46. The van der Waals surface area contributed by atoms with E-state index in [2.05, 4.69) is 28.5 Å². The largest absolute Gasteiger partial charge is 0.526 e. The summed E-state index contributed by atoms with van der Waals surface area (Å²) in [4.78, 5) is 65.1. The number of phosphoric ester groups is 3. The number of imidazole rings is 1. The smallest absolute Gasteiger partial charge is 0.383 e. The van der Waals surface area contributed by atoms with E-state index < -0.39 is 54.4 Å². The lowest BCUT2D eigenvalue weighted by Crippen LogP contribution is -2.28. The monoisotopic (exact) mass is 492 g/mol. The van der Waals surface area contributed by atoms with E-state index >= 15 is 0 Å². The van der Waals surface area contributed by atoms with Crippen LogP contribution in [0.1, 0.15) is 12.6 Å². The van der Waals surface area contributed by atoms with Crippen LogP contribution in [0.2, 0.25) is 0 Å². The van der Waals surface area contributed by atoms with Crippen molar-refractivity contribution in [2.75, 3.05) is 6.61 Å². The van der Waals surface area contributed by atoms with Gasteiger partial charge in [-0.15, -0.1) is 0 Å². The van der Waals surface area contributed by atoms with E-state index in [0.29, 0.717) is 0 Å². The Hall–Kier alpha value is -1.32. The van der Waals surface area contributed by atoms with Gasteiger partial charge in [-0.1, -0.05) is 0 Å². The summed E-state index contributed by atoms with van der Waals surface area (Å²) in [5, 5.41) is 0. The van der Waals surface area contributed by atoms with Crippen LogP contribution >= 0.6 is 23.5 Å². The molecular weight excluding hydrogens is 477 g/mol. The second-order valence-electron chi connectivity index (χ2n) is 5.87. The number of phosphoric acid groups is 3. The second kappa shape index (κ2) is 8.31. The van der Waals surface area contributed by atoms with Crippen molar-refractivity contribution >= 4 is 34.6 Å². The predicted molar refractivity (Wildman–Crippen MR) is 91.4 cm³/mol. The molecule has 3 heterocycles. The minimum absolute atomic E-state index is 0.00932. The fourth-order valence-corrected chi connectivity index (χ4v) is 3.97. The van der Waals surface area contributed by atoms with E-state index in [4.69, 9.17) is 34.1 Å². The molecule has 1 aliphatic heterocycles. The maximum atomic E-state index is 11.2. The molecule has 17 nitrogen and oxygen atoms in total. The molecule has 1 aliphatic rings. The highest BCUT2D eigenvalue weighted by Gasteiger charge is 2.42. The van der Waals surface area contributed by atoms with E-state index in [9.17, 15) is 13.7 Å². The molecule has 0 aliphatic carbocycles. The molecule has 1 fully saturated rings. The molecule has 168 valence electrons. The third-order valence-electron chi connectivity index (χ3n) is 3.70. The minimum atomic E-state index is -4.99. The fraction of sp³-hybridized carbons (Fsp3) is 0.500. The third-order valence-corrected chi connectivity index (χ3v) is 5.14. The average Bonchev–Trinajstić information content (AvgIpc) is 3.14. The van der Waals surface area contributed by atoms with Crippen molar-refractivity contribution in [2.45, 2.75) is 24.9 Å². The van der Waals surface area contributed by atoms with Crippen molar-refractivity contribution in [1.29, 1.82) is 0 Å². The molecule has 20 heteroatoms. The van der Waals surface area contributed by atoms with E-state index in [0.717, 1.165) is 12.7 Å². The summed E-state index contributed by atoms with van der Waals surface area (Å²) in [6.45, 7) is -0.750. The van der Waals surface area contributed by atoms with Crippen molar-refractivity contribution in [3.05, 3.63) is 12.7 Å². The van der Waals surface area contributed by atoms with Gasteiger partial charge in [-0.25, -0.2) is 23.7 Å². The van der Waals surface area contributed by atoms with E-state index in [-0.39, 0.29) is 17.6 Å². The predicted octanol–water partition coefficient (Wildman–Crippen LogP) is -0.828. The van der Waals surface area contributed by atoms with Gasteiger partial charge < -0.3 is 28.8 Å². The van der Waals surface area contributed by atoms with E-state index in [1.54, 1.807) is 0 Å². The van der Waals surface area contributed by atoms with Crippen molar-refractivity contribution in [2.24, 2.45) is 0 Å². The SMILES string of the molecule is O=P(O)(O)OC[C@H]1O[C@@H](n2cnc3c(OP(=O)(O)O)ncnc32)C[C@@H]1OP(=O)(O)O. The fourth-order valence-electron chi connectivity index (χ4n) is 2.70. The van der Waals surface area contributed by atoms with Crippen LogP contribution in [0.25, 0.3) is 11.2 Å². The molecule has 1 saturated heterocycles. The van der Waals surface area contributed by atoms with Gasteiger partial charge in [0.1, 0.15) is 24.8 Å². The van der Waals surface area contributed by atoms with Crippen molar-refractivity contribution < 1.29 is 61.4 Å². The number of hydrogen-bond donors (Lipinski definition) is 6. The van der Waals surface area contributed by atoms with Gasteiger partial charge in [0.2, 0.25) is 0 Å². The summed E-state index contributed by atoms with van der Waals surface area (Å²) in [6, 6.07) is 0. The van der Waals surface area contributed by atoms with Crippen LogP contribution < -0.4 is 4.52 Å². The zero-order chi connectivity index (χ0) is 22.3. The molecule has 0 saturated carbocycles. The molecule has 0 unspecified atom stereocenters. The summed E-state index contributed by atoms with van der Waals surface area (Å²) in [6.07, 6.45) is -1.82. The van der Waals surface area contributed by atoms with Crippen LogP contribution in [-0.4, -0.2) is 67.7 Å². The van der Waals surface area contributed by atoms with Gasteiger partial charge in [-0.05, 0) is 0 Å². The standard InChI is InChI=1S/C10H15N4O13P3/c15-28(16,17)24-2-6-5(26-29(18,19)20)1-7(25-6)14-4-13-8-9(14)11-3-12-10(8)27-30(21,22)23/h3-7H,1-2H2,(H2,15,16,17)(H2,18,19,20)(H2,21,22,23)/t5-,6+,7+/m0/s1. The maximum Gasteiger partial charge on any atom is 0.526 e. The summed E-state index contributed by atoms with van der Waals surface area (Å²) >= 11 is 0. The van der Waals surface area contributed by atoms with Crippen LogP contribution in [0.5, 0.6) is 5.88 Å². The molecule has 0 radical (unpaired) electrons. The van der Waals surface area contributed by atoms with Gasteiger partial charge in [-0.3, -0.25) is 23.4 Å². The van der Waals surface area contributed by atoms with Crippen LogP contribution in [0.3, 0.4) is 0 Å². The summed E-state index contributed by atoms with van der Waals surface area (Å²) in [7, 11) is -14.8. The molecule has 0 amide bonds. The third kappa shape index (κ3) is 6.11.